The summed E-state index contributed by atoms with van der Waals surface area (Å²) in [5, 5.41) is 11.9. The summed E-state index contributed by atoms with van der Waals surface area (Å²) in [5.41, 5.74) is 0. The van der Waals surface area contributed by atoms with E-state index in [0.29, 0.717) is 5.92 Å². The topological polar surface area (TPSA) is 41.3 Å². The summed E-state index contributed by atoms with van der Waals surface area (Å²) in [6, 6.07) is 10.9. The standard InChI is InChI=1S/C19H23N3OS/c1-21-11-8-20-19(21)18(23)14-6-9-22(10-7-14)13-16-12-15-4-2-3-5-17(15)24-16/h2-5,8,11-12,14,18,23H,6-7,9-10,13H2,1H3. The number of rotatable bonds is 4. The van der Waals surface area contributed by atoms with E-state index in [-0.39, 0.29) is 0 Å². The third-order valence-electron chi connectivity index (χ3n) is 5.06. The molecule has 0 saturated carbocycles. The van der Waals surface area contributed by atoms with Crippen LogP contribution in [0.4, 0.5) is 0 Å². The zero-order valence-electron chi connectivity index (χ0n) is 13.9. The van der Waals surface area contributed by atoms with Crippen molar-refractivity contribution < 1.29 is 5.11 Å². The molecule has 3 aromatic rings. The Kier molecular flexibility index (Phi) is 4.39. The van der Waals surface area contributed by atoms with Crippen LogP contribution in [0.3, 0.4) is 0 Å². The van der Waals surface area contributed by atoms with E-state index in [1.165, 1.54) is 15.0 Å². The number of imidazole rings is 1. The molecule has 0 radical (unpaired) electrons. The molecule has 24 heavy (non-hydrogen) atoms. The fraction of sp³-hybridized carbons (Fsp3) is 0.421. The predicted octanol–water partition coefficient (Wildman–Crippen LogP) is 3.58. The van der Waals surface area contributed by atoms with Gasteiger partial charge in [0.15, 0.2) is 0 Å². The van der Waals surface area contributed by atoms with E-state index in [2.05, 4.69) is 40.2 Å². The molecule has 3 heterocycles. The molecule has 1 aromatic carbocycles. The minimum Gasteiger partial charge on any atom is -0.385 e. The second-order valence-corrected chi connectivity index (χ2v) is 7.87. The quantitative estimate of drug-likeness (QED) is 0.788. The monoisotopic (exact) mass is 341 g/mol. The number of benzene rings is 1. The van der Waals surface area contributed by atoms with Crippen molar-refractivity contribution in [1.29, 1.82) is 0 Å². The highest BCUT2D eigenvalue weighted by Gasteiger charge is 2.28. The van der Waals surface area contributed by atoms with Crippen LogP contribution in [0, 0.1) is 5.92 Å². The van der Waals surface area contributed by atoms with Gasteiger partial charge in [0.1, 0.15) is 11.9 Å². The van der Waals surface area contributed by atoms with Crippen molar-refractivity contribution >= 4 is 21.4 Å². The summed E-state index contributed by atoms with van der Waals surface area (Å²) < 4.78 is 3.29. The number of aryl methyl sites for hydroxylation is 1. The Bertz CT molecular complexity index is 784. The Morgan fingerprint density at radius 1 is 1.29 bits per heavy atom. The molecule has 1 unspecified atom stereocenters. The van der Waals surface area contributed by atoms with Crippen LogP contribution in [-0.4, -0.2) is 32.6 Å². The summed E-state index contributed by atoms with van der Waals surface area (Å²) in [5.74, 6) is 1.10. The van der Waals surface area contributed by atoms with Crippen LogP contribution in [0.2, 0.25) is 0 Å². The molecule has 5 heteroatoms. The van der Waals surface area contributed by atoms with E-state index in [1.54, 1.807) is 6.20 Å². The van der Waals surface area contributed by atoms with Gasteiger partial charge in [0, 0.05) is 35.6 Å². The maximum atomic E-state index is 10.6. The molecule has 4 rings (SSSR count). The van der Waals surface area contributed by atoms with Crippen LogP contribution in [-0.2, 0) is 13.6 Å². The van der Waals surface area contributed by atoms with Crippen LogP contribution in [0.5, 0.6) is 0 Å². The number of aliphatic hydroxyl groups excluding tert-OH is 1. The van der Waals surface area contributed by atoms with Crippen molar-refractivity contribution in [2.24, 2.45) is 13.0 Å². The van der Waals surface area contributed by atoms with Crippen molar-refractivity contribution in [3.05, 3.63) is 53.4 Å². The molecule has 1 fully saturated rings. The second kappa shape index (κ2) is 6.67. The number of aliphatic hydroxyl groups is 1. The van der Waals surface area contributed by atoms with Crippen molar-refractivity contribution in [2.75, 3.05) is 13.1 Å². The molecule has 1 atom stereocenters. The summed E-state index contributed by atoms with van der Waals surface area (Å²) in [6.45, 7) is 3.10. The van der Waals surface area contributed by atoms with Gasteiger partial charge in [-0.25, -0.2) is 4.98 Å². The lowest BCUT2D eigenvalue weighted by atomic mass is 9.90. The van der Waals surface area contributed by atoms with E-state index >= 15 is 0 Å². The number of fused-ring (bicyclic) bond motifs is 1. The van der Waals surface area contributed by atoms with Gasteiger partial charge in [-0.3, -0.25) is 4.90 Å². The number of likely N-dealkylation sites (tertiary alicyclic amines) is 1. The lowest BCUT2D eigenvalue weighted by molar-refractivity contribution is 0.0495. The second-order valence-electron chi connectivity index (χ2n) is 6.71. The minimum absolute atomic E-state index is 0.310. The van der Waals surface area contributed by atoms with Gasteiger partial charge in [-0.1, -0.05) is 18.2 Å². The molecule has 126 valence electrons. The highest BCUT2D eigenvalue weighted by atomic mass is 32.1. The highest BCUT2D eigenvalue weighted by Crippen LogP contribution is 2.32. The first kappa shape index (κ1) is 15.8. The summed E-state index contributed by atoms with van der Waals surface area (Å²) in [4.78, 5) is 8.24. The molecule has 1 aliphatic heterocycles. The molecule has 1 N–H and O–H groups in total. The van der Waals surface area contributed by atoms with Gasteiger partial charge < -0.3 is 9.67 Å². The Balaban J connectivity index is 1.36. The van der Waals surface area contributed by atoms with Gasteiger partial charge in [-0.15, -0.1) is 11.3 Å². The molecular formula is C19H23N3OS. The maximum Gasteiger partial charge on any atom is 0.137 e. The molecule has 0 amide bonds. The SMILES string of the molecule is Cn1ccnc1C(O)C1CCN(Cc2cc3ccccc3s2)CC1. The van der Waals surface area contributed by atoms with Crippen molar-refractivity contribution in [2.45, 2.75) is 25.5 Å². The number of hydrogen-bond donors (Lipinski definition) is 1. The molecule has 2 aromatic heterocycles. The number of nitrogens with zero attached hydrogens (tertiary/aromatic N) is 3. The predicted molar refractivity (Wildman–Crippen MR) is 98.0 cm³/mol. The van der Waals surface area contributed by atoms with E-state index in [9.17, 15) is 5.11 Å². The van der Waals surface area contributed by atoms with Gasteiger partial charge >= 0.3 is 0 Å². The average molecular weight is 341 g/mol. The fourth-order valence-electron chi connectivity index (χ4n) is 3.63. The zero-order valence-corrected chi connectivity index (χ0v) is 14.7. The molecule has 4 nitrogen and oxygen atoms in total. The highest BCUT2D eigenvalue weighted by molar-refractivity contribution is 7.19. The van der Waals surface area contributed by atoms with Crippen LogP contribution in [0.25, 0.3) is 10.1 Å². The molecule has 1 saturated heterocycles. The molecular weight excluding hydrogens is 318 g/mol. The van der Waals surface area contributed by atoms with Crippen LogP contribution < -0.4 is 0 Å². The van der Waals surface area contributed by atoms with Crippen molar-refractivity contribution in [3.63, 3.8) is 0 Å². The Morgan fingerprint density at radius 2 is 2.08 bits per heavy atom. The van der Waals surface area contributed by atoms with Crippen LogP contribution in [0.1, 0.15) is 29.6 Å². The molecule has 0 aliphatic carbocycles. The molecule has 1 aliphatic rings. The van der Waals surface area contributed by atoms with E-state index in [4.69, 9.17) is 0 Å². The third-order valence-corrected chi connectivity index (χ3v) is 6.16. The normalized spacial score (nSPS) is 18.2. The molecule has 0 spiro atoms. The summed E-state index contributed by atoms with van der Waals surface area (Å²) >= 11 is 1.89. The first-order valence-corrected chi connectivity index (χ1v) is 9.37. The molecule has 0 bridgehead atoms. The largest absolute Gasteiger partial charge is 0.385 e. The van der Waals surface area contributed by atoms with E-state index in [0.717, 1.165) is 38.3 Å². The summed E-state index contributed by atoms with van der Waals surface area (Å²) in [6.07, 6.45) is 5.26. The zero-order chi connectivity index (χ0) is 16.5. The smallest absolute Gasteiger partial charge is 0.137 e. The van der Waals surface area contributed by atoms with Gasteiger partial charge in [0.25, 0.3) is 0 Å². The van der Waals surface area contributed by atoms with Gasteiger partial charge in [0.2, 0.25) is 0 Å². The maximum absolute atomic E-state index is 10.6. The van der Waals surface area contributed by atoms with Crippen LogP contribution in [0.15, 0.2) is 42.7 Å². The Hall–Kier alpha value is -1.69. The number of hydrogen-bond acceptors (Lipinski definition) is 4. The van der Waals surface area contributed by atoms with Crippen molar-refractivity contribution in [1.82, 2.24) is 14.5 Å². The van der Waals surface area contributed by atoms with Gasteiger partial charge in [-0.2, -0.15) is 0 Å². The first-order chi connectivity index (χ1) is 11.7. The van der Waals surface area contributed by atoms with E-state index in [1.807, 2.05) is 29.1 Å². The van der Waals surface area contributed by atoms with Gasteiger partial charge in [0.05, 0.1) is 0 Å². The number of piperidine rings is 1. The third kappa shape index (κ3) is 3.11. The number of thiophene rings is 1. The Morgan fingerprint density at radius 3 is 2.79 bits per heavy atom. The van der Waals surface area contributed by atoms with Gasteiger partial charge in [-0.05, 0) is 49.4 Å². The number of aromatic nitrogens is 2. The van der Waals surface area contributed by atoms with E-state index < -0.39 is 6.10 Å². The fourth-order valence-corrected chi connectivity index (χ4v) is 4.74. The van der Waals surface area contributed by atoms with Crippen molar-refractivity contribution in [3.8, 4) is 0 Å². The lowest BCUT2D eigenvalue weighted by Gasteiger charge is -2.33. The van der Waals surface area contributed by atoms with Crippen LogP contribution >= 0.6 is 11.3 Å². The Labute approximate surface area is 146 Å². The average Bonchev–Trinajstić information content (AvgIpc) is 3.20. The minimum atomic E-state index is -0.448. The summed E-state index contributed by atoms with van der Waals surface area (Å²) in [7, 11) is 1.95. The first-order valence-electron chi connectivity index (χ1n) is 8.56. The lowest BCUT2D eigenvalue weighted by Crippen LogP contribution is -2.35.